The van der Waals surface area contributed by atoms with E-state index >= 15 is 0 Å². The molecule has 0 bridgehead atoms. The van der Waals surface area contributed by atoms with Crippen LogP contribution in [0, 0.1) is 0 Å². The van der Waals surface area contributed by atoms with Crippen LogP contribution in [0.2, 0.25) is 0 Å². The van der Waals surface area contributed by atoms with E-state index in [0.29, 0.717) is 22.8 Å². The number of benzene rings is 1. The number of carbonyl (C=O) groups is 1. The third-order valence-electron chi connectivity index (χ3n) is 3.91. The molecule has 6 nitrogen and oxygen atoms in total. The van der Waals surface area contributed by atoms with Gasteiger partial charge in [0.1, 0.15) is 22.9 Å². The van der Waals surface area contributed by atoms with Gasteiger partial charge in [0.05, 0.1) is 0 Å². The first kappa shape index (κ1) is 21.8. The Labute approximate surface area is 162 Å². The zero-order valence-corrected chi connectivity index (χ0v) is 16.5. The number of fused-ring (bicyclic) bond motifs is 1. The van der Waals surface area contributed by atoms with Crippen LogP contribution in [-0.4, -0.2) is 41.3 Å². The van der Waals surface area contributed by atoms with Crippen LogP contribution in [0.15, 0.2) is 23.2 Å². The topological polar surface area (TPSA) is 77.1 Å². The van der Waals surface area contributed by atoms with E-state index in [2.05, 4.69) is 4.99 Å². The summed E-state index contributed by atoms with van der Waals surface area (Å²) in [5.74, 6) is 0.894. The number of aliphatic imine (C=N–C) groups is 1. The first-order valence-corrected chi connectivity index (χ1v) is 9.02. The molecule has 0 aromatic heterocycles. The van der Waals surface area contributed by atoms with Crippen molar-refractivity contribution in [3.8, 4) is 5.75 Å². The smallest absolute Gasteiger partial charge is 0.410 e. The minimum Gasteiger partial charge on any atom is -0.481 e. The van der Waals surface area contributed by atoms with E-state index in [1.165, 1.54) is 4.90 Å². The molecule has 1 aliphatic heterocycles. The number of nitrogens with two attached hydrogens (primary N) is 1. The molecule has 0 unspecified atom stereocenters. The van der Waals surface area contributed by atoms with Crippen LogP contribution in [0.1, 0.15) is 46.1 Å². The fourth-order valence-corrected chi connectivity index (χ4v) is 2.58. The molecule has 28 heavy (non-hydrogen) atoms. The van der Waals surface area contributed by atoms with E-state index in [9.17, 15) is 18.0 Å². The Morgan fingerprint density at radius 2 is 2.00 bits per heavy atom. The Hall–Kier alpha value is -2.45. The summed E-state index contributed by atoms with van der Waals surface area (Å²) in [4.78, 5) is 18.0. The van der Waals surface area contributed by atoms with Gasteiger partial charge in [0, 0.05) is 19.5 Å². The van der Waals surface area contributed by atoms with Gasteiger partial charge >= 0.3 is 12.3 Å². The Bertz CT molecular complexity index is 742. The molecule has 0 saturated heterocycles. The van der Waals surface area contributed by atoms with E-state index in [4.69, 9.17) is 15.2 Å². The van der Waals surface area contributed by atoms with Gasteiger partial charge in [0.2, 0.25) is 0 Å². The number of carbonyl (C=O) groups excluding carboxylic acids is 1. The van der Waals surface area contributed by atoms with Gasteiger partial charge in [-0.3, -0.25) is 0 Å². The van der Waals surface area contributed by atoms with Crippen molar-refractivity contribution in [1.29, 1.82) is 0 Å². The number of hydrogen-bond donors (Lipinski definition) is 1. The second-order valence-electron chi connectivity index (χ2n) is 7.72. The second-order valence-corrected chi connectivity index (χ2v) is 7.72. The van der Waals surface area contributed by atoms with Crippen molar-refractivity contribution in [2.75, 3.05) is 6.54 Å². The van der Waals surface area contributed by atoms with Crippen LogP contribution >= 0.6 is 0 Å². The highest BCUT2D eigenvalue weighted by atomic mass is 19.4. The molecule has 9 heteroatoms. The van der Waals surface area contributed by atoms with Crippen molar-refractivity contribution in [1.82, 2.24) is 4.90 Å². The summed E-state index contributed by atoms with van der Waals surface area (Å²) in [5.41, 5.74) is 6.26. The monoisotopic (exact) mass is 401 g/mol. The highest BCUT2D eigenvalue weighted by molar-refractivity contribution is 5.89. The standard InChI is InChI=1S/C19H26F3N3O3/c1-12-16(23)24-14-10-13(6-7-15(14)27-12)11-25(9-5-8-19(20,21)22)17(26)28-18(2,3)4/h6-7,10,12H,5,8-9,11H2,1-4H3,(H2,23,24)/t12-/m1/s1. The summed E-state index contributed by atoms with van der Waals surface area (Å²) in [6.07, 6.45) is -6.45. The minimum atomic E-state index is -4.27. The Morgan fingerprint density at radius 3 is 2.61 bits per heavy atom. The van der Waals surface area contributed by atoms with E-state index in [1.807, 2.05) is 0 Å². The van der Waals surface area contributed by atoms with E-state index in [1.54, 1.807) is 45.9 Å². The molecule has 1 heterocycles. The van der Waals surface area contributed by atoms with Crippen molar-refractivity contribution in [2.24, 2.45) is 10.7 Å². The van der Waals surface area contributed by atoms with Gasteiger partial charge in [-0.05, 0) is 51.8 Å². The molecule has 1 atom stereocenters. The maximum Gasteiger partial charge on any atom is 0.410 e. The Morgan fingerprint density at radius 1 is 1.32 bits per heavy atom. The molecule has 1 aromatic carbocycles. The first-order valence-electron chi connectivity index (χ1n) is 9.02. The molecular weight excluding hydrogens is 375 g/mol. The summed E-state index contributed by atoms with van der Waals surface area (Å²) in [7, 11) is 0. The van der Waals surface area contributed by atoms with Gasteiger partial charge in [-0.1, -0.05) is 6.07 Å². The zero-order chi connectivity index (χ0) is 21.1. The number of rotatable bonds is 5. The van der Waals surface area contributed by atoms with Gasteiger partial charge in [-0.25, -0.2) is 9.79 Å². The summed E-state index contributed by atoms with van der Waals surface area (Å²) < 4.78 is 48.4. The van der Waals surface area contributed by atoms with Crippen LogP contribution in [0.5, 0.6) is 5.75 Å². The van der Waals surface area contributed by atoms with E-state index in [-0.39, 0.29) is 25.6 Å². The third-order valence-corrected chi connectivity index (χ3v) is 3.91. The van der Waals surface area contributed by atoms with Crippen molar-refractivity contribution in [3.63, 3.8) is 0 Å². The predicted molar refractivity (Wildman–Crippen MR) is 99.7 cm³/mol. The summed E-state index contributed by atoms with van der Waals surface area (Å²) in [6.45, 7) is 6.89. The number of amidine groups is 1. The van der Waals surface area contributed by atoms with Gasteiger partial charge in [-0.15, -0.1) is 0 Å². The lowest BCUT2D eigenvalue weighted by Crippen LogP contribution is -2.37. The zero-order valence-electron chi connectivity index (χ0n) is 16.5. The van der Waals surface area contributed by atoms with Gasteiger partial charge in [0.15, 0.2) is 6.10 Å². The van der Waals surface area contributed by atoms with Crippen LogP contribution in [0.3, 0.4) is 0 Å². The summed E-state index contributed by atoms with van der Waals surface area (Å²) >= 11 is 0. The number of hydrogen-bond acceptors (Lipinski definition) is 5. The highest BCUT2D eigenvalue weighted by Crippen LogP contribution is 2.33. The summed E-state index contributed by atoms with van der Waals surface area (Å²) in [5, 5.41) is 0. The van der Waals surface area contributed by atoms with Gasteiger partial charge in [0.25, 0.3) is 0 Å². The maximum absolute atomic E-state index is 12.5. The Balaban J connectivity index is 2.15. The predicted octanol–water partition coefficient (Wildman–Crippen LogP) is 4.54. The molecule has 0 saturated carbocycles. The van der Waals surface area contributed by atoms with Crippen molar-refractivity contribution >= 4 is 17.6 Å². The lowest BCUT2D eigenvalue weighted by molar-refractivity contribution is -0.136. The quantitative estimate of drug-likeness (QED) is 0.786. The van der Waals surface area contributed by atoms with Gasteiger partial charge in [-0.2, -0.15) is 13.2 Å². The molecule has 1 aromatic rings. The lowest BCUT2D eigenvalue weighted by Gasteiger charge is -2.28. The number of amides is 1. The molecule has 0 radical (unpaired) electrons. The average Bonchev–Trinajstić information content (AvgIpc) is 2.52. The highest BCUT2D eigenvalue weighted by Gasteiger charge is 2.28. The molecule has 1 aliphatic rings. The van der Waals surface area contributed by atoms with Crippen LogP contribution in [0.4, 0.5) is 23.7 Å². The lowest BCUT2D eigenvalue weighted by atomic mass is 10.1. The first-order chi connectivity index (χ1) is 12.8. The van der Waals surface area contributed by atoms with Crippen molar-refractivity contribution in [3.05, 3.63) is 23.8 Å². The minimum absolute atomic E-state index is 0.0789. The molecule has 2 rings (SSSR count). The summed E-state index contributed by atoms with van der Waals surface area (Å²) in [6, 6.07) is 5.15. The van der Waals surface area contributed by atoms with Crippen LogP contribution in [0.25, 0.3) is 0 Å². The van der Waals surface area contributed by atoms with Crippen LogP contribution < -0.4 is 10.5 Å². The molecule has 0 spiro atoms. The largest absolute Gasteiger partial charge is 0.481 e. The molecular formula is C19H26F3N3O3. The number of ether oxygens (including phenoxy) is 2. The second kappa shape index (κ2) is 8.28. The van der Waals surface area contributed by atoms with E-state index < -0.39 is 24.3 Å². The molecule has 1 amide bonds. The van der Waals surface area contributed by atoms with E-state index in [0.717, 1.165) is 0 Å². The number of nitrogens with zero attached hydrogens (tertiary/aromatic N) is 2. The fourth-order valence-electron chi connectivity index (χ4n) is 2.58. The molecule has 0 fully saturated rings. The average molecular weight is 401 g/mol. The maximum atomic E-state index is 12.5. The van der Waals surface area contributed by atoms with Crippen molar-refractivity contribution in [2.45, 2.75) is 65.0 Å². The molecule has 0 aliphatic carbocycles. The normalized spacial score (nSPS) is 16.7. The Kier molecular flexibility index (Phi) is 6.46. The number of alkyl halides is 3. The van der Waals surface area contributed by atoms with Gasteiger partial charge < -0.3 is 20.1 Å². The van der Waals surface area contributed by atoms with Crippen LogP contribution in [-0.2, 0) is 11.3 Å². The third kappa shape index (κ3) is 6.61. The SMILES string of the molecule is C[C@H]1Oc2ccc(CN(CCCC(F)(F)F)C(=O)OC(C)(C)C)cc2N=C1N. The molecule has 2 N–H and O–H groups in total. The molecule has 156 valence electrons. The number of halogens is 3. The fraction of sp³-hybridized carbons (Fsp3) is 0.579. The van der Waals surface area contributed by atoms with Crippen molar-refractivity contribution < 1.29 is 27.4 Å².